The maximum Gasteiger partial charge on any atom is 0.355 e. The van der Waals surface area contributed by atoms with Gasteiger partial charge >= 0.3 is 12.0 Å². The van der Waals surface area contributed by atoms with Gasteiger partial charge in [-0.3, -0.25) is 4.74 Å². The summed E-state index contributed by atoms with van der Waals surface area (Å²) in [6, 6.07) is 0. The lowest BCUT2D eigenvalue weighted by atomic mass is 9.97. The molecule has 3 unspecified atom stereocenters. The topological polar surface area (TPSA) is 9.23 Å². The second-order valence-electron chi connectivity index (χ2n) is 4.89. The molecule has 17 heavy (non-hydrogen) atoms. The zero-order valence-electron chi connectivity index (χ0n) is 9.23. The summed E-state index contributed by atoms with van der Waals surface area (Å²) < 4.78 is 70.4. The van der Waals surface area contributed by atoms with E-state index < -0.39 is 42.6 Å². The molecular weight excluding hydrogens is 243 g/mol. The van der Waals surface area contributed by atoms with Gasteiger partial charge < -0.3 is 0 Å². The largest absolute Gasteiger partial charge is 0.355 e. The molecule has 0 radical (unpaired) electrons. The molecular formula is C11H13F5O. The van der Waals surface area contributed by atoms with Crippen LogP contribution in [0.3, 0.4) is 0 Å². The van der Waals surface area contributed by atoms with E-state index in [1.54, 1.807) is 12.2 Å². The van der Waals surface area contributed by atoms with Gasteiger partial charge in [0.2, 0.25) is 0 Å². The van der Waals surface area contributed by atoms with Crippen LogP contribution in [-0.4, -0.2) is 17.9 Å². The first-order chi connectivity index (χ1) is 7.61. The average Bonchev–Trinajstić information content (AvgIpc) is 2.43. The number of halogens is 5. The van der Waals surface area contributed by atoms with Gasteiger partial charge in [-0.2, -0.15) is 8.78 Å². The van der Waals surface area contributed by atoms with Crippen LogP contribution in [0.4, 0.5) is 22.0 Å². The maximum atomic E-state index is 14.1. The van der Waals surface area contributed by atoms with Gasteiger partial charge in [-0.05, 0) is 18.3 Å². The Labute approximate surface area is 95.6 Å². The van der Waals surface area contributed by atoms with E-state index >= 15 is 0 Å². The number of hydrogen-bond donors (Lipinski definition) is 0. The summed E-state index contributed by atoms with van der Waals surface area (Å²) in [6.07, 6.45) is -1.85. The van der Waals surface area contributed by atoms with Crippen molar-refractivity contribution in [3.63, 3.8) is 0 Å². The zero-order valence-corrected chi connectivity index (χ0v) is 9.23. The molecule has 0 saturated heterocycles. The van der Waals surface area contributed by atoms with Gasteiger partial charge in [0.25, 0.3) is 5.85 Å². The molecule has 6 heteroatoms. The van der Waals surface area contributed by atoms with Crippen LogP contribution in [0.25, 0.3) is 0 Å². The molecule has 3 atom stereocenters. The fourth-order valence-electron chi connectivity index (χ4n) is 2.53. The summed E-state index contributed by atoms with van der Waals surface area (Å²) in [5, 5.41) is 0. The standard InChI is InChI=1S/C11H13F5O/c1-9(12,13)17-11(16)6-8-3-2-7(4-8)5-10(11,14)15/h2-3,7-8H,4-6H2,1H3. The van der Waals surface area contributed by atoms with E-state index in [1.165, 1.54) is 0 Å². The van der Waals surface area contributed by atoms with Crippen molar-refractivity contribution in [2.45, 2.75) is 44.1 Å². The molecule has 98 valence electrons. The Morgan fingerprint density at radius 1 is 1.12 bits per heavy atom. The lowest BCUT2D eigenvalue weighted by molar-refractivity contribution is -0.380. The van der Waals surface area contributed by atoms with Gasteiger partial charge in [0.15, 0.2) is 0 Å². The number of fused-ring (bicyclic) bond motifs is 2. The zero-order chi connectivity index (χ0) is 12.9. The highest BCUT2D eigenvalue weighted by Gasteiger charge is 2.62. The fourth-order valence-corrected chi connectivity index (χ4v) is 2.53. The third-order valence-electron chi connectivity index (χ3n) is 3.19. The van der Waals surface area contributed by atoms with Crippen molar-refractivity contribution in [2.75, 3.05) is 0 Å². The Bertz CT molecular complexity index is 335. The van der Waals surface area contributed by atoms with Crippen LogP contribution in [0.2, 0.25) is 0 Å². The van der Waals surface area contributed by atoms with Gasteiger partial charge in [0.1, 0.15) is 0 Å². The van der Waals surface area contributed by atoms with E-state index in [0.717, 1.165) is 0 Å². The Balaban J connectivity index is 2.27. The predicted octanol–water partition coefficient (Wildman–Crippen LogP) is 3.90. The SMILES string of the molecule is CC(F)(F)OC1(F)CC2C=CC(C2)CC1(F)F. The molecule has 1 fully saturated rings. The second kappa shape index (κ2) is 3.67. The van der Waals surface area contributed by atoms with Gasteiger partial charge in [-0.1, -0.05) is 12.2 Å². The van der Waals surface area contributed by atoms with Crippen LogP contribution in [0.15, 0.2) is 12.2 Å². The molecule has 1 saturated carbocycles. The second-order valence-corrected chi connectivity index (χ2v) is 4.89. The summed E-state index contributed by atoms with van der Waals surface area (Å²) in [5.41, 5.74) is 0. The van der Waals surface area contributed by atoms with E-state index in [-0.39, 0.29) is 6.92 Å². The number of alkyl halides is 5. The van der Waals surface area contributed by atoms with Gasteiger partial charge in [0.05, 0.1) is 0 Å². The summed E-state index contributed by atoms with van der Waals surface area (Å²) >= 11 is 0. The van der Waals surface area contributed by atoms with Crippen LogP contribution in [0, 0.1) is 11.8 Å². The summed E-state index contributed by atoms with van der Waals surface area (Å²) in [4.78, 5) is 0. The van der Waals surface area contributed by atoms with Crippen molar-refractivity contribution in [1.29, 1.82) is 0 Å². The third-order valence-corrected chi connectivity index (χ3v) is 3.19. The molecule has 0 aliphatic heterocycles. The van der Waals surface area contributed by atoms with E-state index in [2.05, 4.69) is 4.74 Å². The highest BCUT2D eigenvalue weighted by molar-refractivity contribution is 5.09. The molecule has 0 N–H and O–H groups in total. The smallest absolute Gasteiger partial charge is 0.277 e. The number of allylic oxidation sites excluding steroid dienone is 2. The van der Waals surface area contributed by atoms with Gasteiger partial charge in [-0.15, -0.1) is 0 Å². The maximum absolute atomic E-state index is 14.1. The van der Waals surface area contributed by atoms with Crippen LogP contribution >= 0.6 is 0 Å². The minimum Gasteiger partial charge on any atom is -0.277 e. The van der Waals surface area contributed by atoms with Crippen molar-refractivity contribution in [1.82, 2.24) is 0 Å². The summed E-state index contributed by atoms with van der Waals surface area (Å²) in [5.74, 6) is -8.39. The van der Waals surface area contributed by atoms with Crippen LogP contribution < -0.4 is 0 Å². The van der Waals surface area contributed by atoms with Crippen molar-refractivity contribution in [3.05, 3.63) is 12.2 Å². The van der Waals surface area contributed by atoms with E-state index in [0.29, 0.717) is 6.42 Å². The van der Waals surface area contributed by atoms with Crippen molar-refractivity contribution >= 4 is 0 Å². The Morgan fingerprint density at radius 3 is 2.18 bits per heavy atom. The highest BCUT2D eigenvalue weighted by atomic mass is 19.3. The molecule has 2 rings (SSSR count). The Kier molecular flexibility index (Phi) is 2.76. The first-order valence-electron chi connectivity index (χ1n) is 5.44. The molecule has 2 aliphatic rings. The lowest BCUT2D eigenvalue weighted by Gasteiger charge is -2.35. The van der Waals surface area contributed by atoms with Gasteiger partial charge in [-0.25, -0.2) is 13.2 Å². The Hall–Kier alpha value is -0.650. The molecule has 0 amide bonds. The van der Waals surface area contributed by atoms with Crippen molar-refractivity contribution in [2.24, 2.45) is 11.8 Å². The lowest BCUT2D eigenvalue weighted by Crippen LogP contribution is -2.50. The number of rotatable bonds is 2. The van der Waals surface area contributed by atoms with Crippen LogP contribution in [0.5, 0.6) is 0 Å². The molecule has 2 bridgehead atoms. The molecule has 0 aromatic carbocycles. The third kappa shape index (κ3) is 2.46. The molecule has 0 aromatic heterocycles. The molecule has 2 aliphatic carbocycles. The van der Waals surface area contributed by atoms with Gasteiger partial charge in [0, 0.05) is 19.8 Å². The molecule has 0 aromatic rings. The highest BCUT2D eigenvalue weighted by Crippen LogP contribution is 2.51. The Morgan fingerprint density at radius 2 is 1.65 bits per heavy atom. The minimum absolute atomic E-state index is 0.267. The first-order valence-corrected chi connectivity index (χ1v) is 5.44. The molecule has 0 spiro atoms. The first kappa shape index (κ1) is 12.8. The van der Waals surface area contributed by atoms with E-state index in [9.17, 15) is 22.0 Å². The average molecular weight is 256 g/mol. The van der Waals surface area contributed by atoms with Crippen LogP contribution in [0.1, 0.15) is 26.2 Å². The fraction of sp³-hybridized carbons (Fsp3) is 0.818. The van der Waals surface area contributed by atoms with E-state index in [4.69, 9.17) is 0 Å². The monoisotopic (exact) mass is 256 g/mol. The molecule has 1 nitrogen and oxygen atoms in total. The van der Waals surface area contributed by atoms with Crippen LogP contribution in [-0.2, 0) is 4.74 Å². The summed E-state index contributed by atoms with van der Waals surface area (Å²) in [7, 11) is 0. The normalized spacial score (nSPS) is 40.4. The quantitative estimate of drug-likeness (QED) is 0.537. The number of hydrogen-bond acceptors (Lipinski definition) is 1. The predicted molar refractivity (Wildman–Crippen MR) is 50.5 cm³/mol. The summed E-state index contributed by atoms with van der Waals surface area (Å²) in [6.45, 7) is 0.267. The van der Waals surface area contributed by atoms with Crippen molar-refractivity contribution in [3.8, 4) is 0 Å². The molecule has 0 heterocycles. The number of ether oxygens (including phenoxy) is 1. The van der Waals surface area contributed by atoms with Crippen molar-refractivity contribution < 1.29 is 26.7 Å². The van der Waals surface area contributed by atoms with E-state index in [1.807, 2.05) is 0 Å². The minimum atomic E-state index is -3.91.